The first-order valence-electron chi connectivity index (χ1n) is 8.11. The molecule has 0 saturated carbocycles. The van der Waals surface area contributed by atoms with E-state index in [2.05, 4.69) is 13.8 Å². The second kappa shape index (κ2) is 10.2. The third kappa shape index (κ3) is 7.88. The Balaban J connectivity index is 4.01. The minimum atomic E-state index is -0.413. The summed E-state index contributed by atoms with van der Waals surface area (Å²) in [5.74, 6) is 0.241. The monoisotopic (exact) mass is 286 g/mol. The van der Waals surface area contributed by atoms with Crippen LogP contribution in [0.4, 0.5) is 0 Å². The van der Waals surface area contributed by atoms with Crippen LogP contribution in [-0.2, 0) is 14.3 Å². The molecule has 0 amide bonds. The van der Waals surface area contributed by atoms with Gasteiger partial charge in [0.25, 0.3) is 0 Å². The first-order valence-corrected chi connectivity index (χ1v) is 8.11. The molecule has 0 fully saturated rings. The van der Waals surface area contributed by atoms with Crippen molar-refractivity contribution in [2.24, 2.45) is 11.3 Å². The maximum absolute atomic E-state index is 12.2. The lowest BCUT2D eigenvalue weighted by atomic mass is 9.77. The highest BCUT2D eigenvalue weighted by Gasteiger charge is 2.34. The van der Waals surface area contributed by atoms with Crippen LogP contribution in [0.3, 0.4) is 0 Å². The number of rotatable bonds is 11. The molecule has 0 N–H and O–H groups in total. The fraction of sp³-hybridized carbons (Fsp3) is 0.941. The molecule has 1 unspecified atom stereocenters. The maximum Gasteiger partial charge on any atom is 0.311 e. The van der Waals surface area contributed by atoms with E-state index in [1.165, 1.54) is 25.7 Å². The number of ether oxygens (including phenoxy) is 2. The van der Waals surface area contributed by atoms with Crippen molar-refractivity contribution in [1.29, 1.82) is 0 Å². The molecule has 3 heteroatoms. The third-order valence-corrected chi connectivity index (χ3v) is 4.02. The normalized spacial score (nSPS) is 13.6. The molecule has 0 aliphatic heterocycles. The molecular weight excluding hydrogens is 252 g/mol. The number of unbranched alkanes of at least 4 members (excludes halogenated alkanes) is 3. The van der Waals surface area contributed by atoms with Crippen LogP contribution in [0.1, 0.15) is 73.6 Å². The molecule has 0 aromatic heterocycles. The third-order valence-electron chi connectivity index (χ3n) is 4.02. The maximum atomic E-state index is 12.2. The van der Waals surface area contributed by atoms with Gasteiger partial charge in [-0.3, -0.25) is 4.79 Å². The molecule has 3 nitrogen and oxygen atoms in total. The molecule has 1 atom stereocenters. The number of esters is 1. The fourth-order valence-corrected chi connectivity index (χ4v) is 2.04. The van der Waals surface area contributed by atoms with Gasteiger partial charge in [0.2, 0.25) is 0 Å². The van der Waals surface area contributed by atoms with Crippen LogP contribution in [0.5, 0.6) is 0 Å². The van der Waals surface area contributed by atoms with Crippen molar-refractivity contribution in [2.75, 3.05) is 13.2 Å². The smallest absolute Gasteiger partial charge is 0.311 e. The molecule has 0 bridgehead atoms. The molecule has 0 aliphatic rings. The van der Waals surface area contributed by atoms with Gasteiger partial charge in [-0.2, -0.15) is 0 Å². The van der Waals surface area contributed by atoms with Gasteiger partial charge in [-0.15, -0.1) is 0 Å². The molecule has 0 aromatic rings. The fourth-order valence-electron chi connectivity index (χ4n) is 2.04. The first kappa shape index (κ1) is 19.4. The van der Waals surface area contributed by atoms with E-state index in [-0.39, 0.29) is 12.1 Å². The average Bonchev–Trinajstić information content (AvgIpc) is 2.38. The van der Waals surface area contributed by atoms with Crippen molar-refractivity contribution >= 4 is 5.97 Å². The predicted molar refractivity (Wildman–Crippen MR) is 83.8 cm³/mol. The van der Waals surface area contributed by atoms with Crippen LogP contribution in [0.2, 0.25) is 0 Å². The van der Waals surface area contributed by atoms with Crippen molar-refractivity contribution in [3.05, 3.63) is 0 Å². The zero-order chi connectivity index (χ0) is 15.6. The number of hydrogen-bond acceptors (Lipinski definition) is 3. The Morgan fingerprint density at radius 1 is 1.05 bits per heavy atom. The van der Waals surface area contributed by atoms with E-state index < -0.39 is 5.41 Å². The van der Waals surface area contributed by atoms with E-state index in [0.29, 0.717) is 19.1 Å². The first-order chi connectivity index (χ1) is 9.32. The molecule has 0 heterocycles. The van der Waals surface area contributed by atoms with Crippen molar-refractivity contribution < 1.29 is 14.3 Å². The second-order valence-electron chi connectivity index (χ2n) is 6.53. The Morgan fingerprint density at radius 3 is 2.25 bits per heavy atom. The summed E-state index contributed by atoms with van der Waals surface area (Å²) >= 11 is 0. The lowest BCUT2D eigenvalue weighted by molar-refractivity contribution is -0.159. The Bertz CT molecular complexity index is 259. The van der Waals surface area contributed by atoms with Gasteiger partial charge in [-0.25, -0.2) is 0 Å². The van der Waals surface area contributed by atoms with Gasteiger partial charge in [-0.1, -0.05) is 39.5 Å². The second-order valence-corrected chi connectivity index (χ2v) is 6.53. The van der Waals surface area contributed by atoms with E-state index in [9.17, 15) is 4.79 Å². The summed E-state index contributed by atoms with van der Waals surface area (Å²) in [6, 6.07) is 0. The van der Waals surface area contributed by atoms with Gasteiger partial charge in [0.05, 0.1) is 18.1 Å². The molecule has 120 valence electrons. The molecule has 0 spiro atoms. The summed E-state index contributed by atoms with van der Waals surface area (Å²) in [6.07, 6.45) is 6.25. The van der Waals surface area contributed by atoms with Crippen LogP contribution in [-0.4, -0.2) is 25.3 Å². The lowest BCUT2D eigenvalue weighted by Gasteiger charge is -2.29. The van der Waals surface area contributed by atoms with Gasteiger partial charge < -0.3 is 9.47 Å². The standard InChI is InChI=1S/C17H34O3/c1-7-8-9-10-11-15(4)17(5,6)16(18)20-13-12-19-14(2)3/h14-15H,7-13H2,1-6H3. The van der Waals surface area contributed by atoms with Gasteiger partial charge in [0, 0.05) is 0 Å². The summed E-state index contributed by atoms with van der Waals surface area (Å²) in [4.78, 5) is 12.2. The number of carbonyl (C=O) groups excluding carboxylic acids is 1. The largest absolute Gasteiger partial charge is 0.463 e. The zero-order valence-electron chi connectivity index (χ0n) is 14.3. The Hall–Kier alpha value is -0.570. The molecule has 0 radical (unpaired) electrons. The molecule has 0 rings (SSSR count). The highest BCUT2D eigenvalue weighted by atomic mass is 16.6. The zero-order valence-corrected chi connectivity index (χ0v) is 14.3. The van der Waals surface area contributed by atoms with Gasteiger partial charge in [0.1, 0.15) is 6.61 Å². The molecule has 0 aromatic carbocycles. The molecular formula is C17H34O3. The molecule has 0 saturated heterocycles. The van der Waals surface area contributed by atoms with Crippen molar-refractivity contribution in [1.82, 2.24) is 0 Å². The SMILES string of the molecule is CCCCCCC(C)C(C)(C)C(=O)OCCOC(C)C. The Labute approximate surface area is 125 Å². The van der Waals surface area contributed by atoms with Gasteiger partial charge in [0.15, 0.2) is 0 Å². The van der Waals surface area contributed by atoms with Crippen LogP contribution in [0.15, 0.2) is 0 Å². The quantitative estimate of drug-likeness (QED) is 0.412. The topological polar surface area (TPSA) is 35.5 Å². The van der Waals surface area contributed by atoms with Crippen LogP contribution >= 0.6 is 0 Å². The lowest BCUT2D eigenvalue weighted by Crippen LogP contribution is -2.34. The van der Waals surface area contributed by atoms with Crippen molar-refractivity contribution in [2.45, 2.75) is 79.8 Å². The van der Waals surface area contributed by atoms with E-state index in [1.807, 2.05) is 27.7 Å². The summed E-state index contributed by atoms with van der Waals surface area (Å²) < 4.78 is 10.7. The van der Waals surface area contributed by atoms with Gasteiger partial charge in [-0.05, 0) is 40.0 Å². The molecule has 20 heavy (non-hydrogen) atoms. The number of hydrogen-bond donors (Lipinski definition) is 0. The van der Waals surface area contributed by atoms with Crippen molar-refractivity contribution in [3.63, 3.8) is 0 Å². The van der Waals surface area contributed by atoms with Gasteiger partial charge >= 0.3 is 5.97 Å². The van der Waals surface area contributed by atoms with E-state index in [1.54, 1.807) is 0 Å². The molecule has 0 aliphatic carbocycles. The van der Waals surface area contributed by atoms with Crippen LogP contribution < -0.4 is 0 Å². The average molecular weight is 286 g/mol. The van der Waals surface area contributed by atoms with Crippen molar-refractivity contribution in [3.8, 4) is 0 Å². The van der Waals surface area contributed by atoms with Crippen LogP contribution in [0.25, 0.3) is 0 Å². The van der Waals surface area contributed by atoms with E-state index in [4.69, 9.17) is 9.47 Å². The Morgan fingerprint density at radius 2 is 1.70 bits per heavy atom. The minimum Gasteiger partial charge on any atom is -0.463 e. The summed E-state index contributed by atoms with van der Waals surface area (Å²) in [6.45, 7) is 13.1. The summed E-state index contributed by atoms with van der Waals surface area (Å²) in [7, 11) is 0. The van der Waals surface area contributed by atoms with E-state index >= 15 is 0 Å². The Kier molecular flexibility index (Phi) is 9.91. The van der Waals surface area contributed by atoms with E-state index in [0.717, 1.165) is 6.42 Å². The minimum absolute atomic E-state index is 0.104. The summed E-state index contributed by atoms with van der Waals surface area (Å²) in [5, 5.41) is 0. The number of carbonyl (C=O) groups is 1. The highest BCUT2D eigenvalue weighted by Crippen LogP contribution is 2.32. The highest BCUT2D eigenvalue weighted by molar-refractivity contribution is 5.76. The van der Waals surface area contributed by atoms with Crippen LogP contribution in [0, 0.1) is 11.3 Å². The summed E-state index contributed by atoms with van der Waals surface area (Å²) in [5.41, 5.74) is -0.413. The predicted octanol–water partition coefficient (Wildman–Crippen LogP) is 4.59.